The van der Waals surface area contributed by atoms with Crippen LogP contribution in [0.1, 0.15) is 65.2 Å². The lowest BCUT2D eigenvalue weighted by Crippen LogP contribution is -2.57. The molecular formula is C22H41NO5. The standard InChI is InChI=1S/C22H41NO5/c1-3-5-7-9-12-20(25)18-23(16-17-24,15-11-14-22(27)28)19-21(26)13-10-8-6-4-2/h7-10,20-21,24-26H,3-6,11-19H2,1-2H3/b9-7+,10-8+. The van der Waals surface area contributed by atoms with Gasteiger partial charge >= 0.3 is 0 Å². The van der Waals surface area contributed by atoms with Gasteiger partial charge in [-0.1, -0.05) is 51.0 Å². The SMILES string of the molecule is CCC/C=C/CC(O)C[N+](CCO)(CCCC(=O)[O-])CC(O)C/C=C/CCC. The van der Waals surface area contributed by atoms with Crippen molar-refractivity contribution >= 4 is 5.97 Å². The van der Waals surface area contributed by atoms with E-state index in [9.17, 15) is 25.2 Å². The molecule has 2 unspecified atom stereocenters. The zero-order valence-corrected chi connectivity index (χ0v) is 17.8. The number of aliphatic carboxylic acids is 1. The molecule has 0 amide bonds. The molecule has 6 heteroatoms. The highest BCUT2D eigenvalue weighted by Crippen LogP contribution is 2.16. The molecule has 0 radical (unpaired) electrons. The van der Waals surface area contributed by atoms with E-state index in [1.807, 2.05) is 24.3 Å². The highest BCUT2D eigenvalue weighted by Gasteiger charge is 2.31. The molecule has 0 aliphatic heterocycles. The Bertz CT molecular complexity index is 424. The van der Waals surface area contributed by atoms with Crippen molar-refractivity contribution in [3.8, 4) is 0 Å². The van der Waals surface area contributed by atoms with Crippen LogP contribution in [0.3, 0.4) is 0 Å². The van der Waals surface area contributed by atoms with Crippen LogP contribution in [0.15, 0.2) is 24.3 Å². The monoisotopic (exact) mass is 399 g/mol. The summed E-state index contributed by atoms with van der Waals surface area (Å²) in [4.78, 5) is 10.8. The van der Waals surface area contributed by atoms with Crippen LogP contribution in [0.5, 0.6) is 0 Å². The number of carbonyl (C=O) groups excluding carboxylic acids is 1. The van der Waals surface area contributed by atoms with E-state index in [1.54, 1.807) is 0 Å². The van der Waals surface area contributed by atoms with Gasteiger partial charge in [0.05, 0.1) is 13.2 Å². The van der Waals surface area contributed by atoms with E-state index in [0.717, 1.165) is 25.7 Å². The molecule has 28 heavy (non-hydrogen) atoms. The van der Waals surface area contributed by atoms with E-state index < -0.39 is 18.2 Å². The van der Waals surface area contributed by atoms with E-state index in [1.165, 1.54) is 0 Å². The minimum Gasteiger partial charge on any atom is -0.550 e. The second-order valence-electron chi connectivity index (χ2n) is 7.65. The fraction of sp³-hybridized carbons (Fsp3) is 0.773. The van der Waals surface area contributed by atoms with Crippen LogP contribution >= 0.6 is 0 Å². The number of aliphatic hydroxyl groups excluding tert-OH is 3. The van der Waals surface area contributed by atoms with Crippen molar-refractivity contribution in [1.29, 1.82) is 0 Å². The number of nitrogens with zero attached hydrogens (tertiary/aromatic N) is 1. The fourth-order valence-corrected chi connectivity index (χ4v) is 3.44. The molecule has 0 heterocycles. The molecule has 2 atom stereocenters. The molecule has 0 aromatic rings. The largest absolute Gasteiger partial charge is 0.550 e. The number of hydrogen-bond donors (Lipinski definition) is 3. The molecule has 0 saturated heterocycles. The van der Waals surface area contributed by atoms with Gasteiger partial charge in [0.1, 0.15) is 31.8 Å². The molecule has 0 saturated carbocycles. The molecule has 0 spiro atoms. The summed E-state index contributed by atoms with van der Waals surface area (Å²) in [6, 6.07) is 0. The first kappa shape index (κ1) is 26.8. The first-order valence-corrected chi connectivity index (χ1v) is 10.7. The van der Waals surface area contributed by atoms with Crippen molar-refractivity contribution in [3.63, 3.8) is 0 Å². The van der Waals surface area contributed by atoms with Gasteiger partial charge in [-0.25, -0.2) is 0 Å². The van der Waals surface area contributed by atoms with Crippen LogP contribution in [0, 0.1) is 0 Å². The Morgan fingerprint density at radius 1 is 0.929 bits per heavy atom. The quantitative estimate of drug-likeness (QED) is 0.240. The van der Waals surface area contributed by atoms with Crippen LogP contribution in [0.4, 0.5) is 0 Å². The summed E-state index contributed by atoms with van der Waals surface area (Å²) in [5.74, 6) is -1.10. The Morgan fingerprint density at radius 2 is 1.43 bits per heavy atom. The van der Waals surface area contributed by atoms with Crippen LogP contribution in [-0.2, 0) is 4.79 Å². The average Bonchev–Trinajstić information content (AvgIpc) is 2.62. The summed E-state index contributed by atoms with van der Waals surface area (Å²) in [6.45, 7) is 5.70. The lowest BCUT2D eigenvalue weighted by Gasteiger charge is -2.41. The summed E-state index contributed by atoms with van der Waals surface area (Å²) < 4.78 is 0.301. The third-order valence-corrected chi connectivity index (χ3v) is 4.84. The van der Waals surface area contributed by atoms with Gasteiger partial charge in [-0.15, -0.1) is 0 Å². The molecule has 0 aliphatic rings. The maximum atomic E-state index is 10.8. The Hall–Kier alpha value is -1.21. The van der Waals surface area contributed by atoms with E-state index in [0.29, 0.717) is 49.9 Å². The van der Waals surface area contributed by atoms with Gasteiger partial charge in [0, 0.05) is 12.4 Å². The molecule has 0 aliphatic carbocycles. The zero-order chi connectivity index (χ0) is 21.3. The van der Waals surface area contributed by atoms with Gasteiger partial charge in [0.25, 0.3) is 0 Å². The molecule has 0 aromatic carbocycles. The minimum atomic E-state index is -1.10. The van der Waals surface area contributed by atoms with Gasteiger partial charge in [-0.05, 0) is 32.1 Å². The Labute approximate surface area is 170 Å². The van der Waals surface area contributed by atoms with Crippen LogP contribution < -0.4 is 5.11 Å². The molecule has 6 nitrogen and oxygen atoms in total. The predicted molar refractivity (Wildman–Crippen MR) is 110 cm³/mol. The number of carboxylic acids is 1. The number of aliphatic hydroxyl groups is 3. The number of carbonyl (C=O) groups is 1. The van der Waals surface area contributed by atoms with E-state index in [4.69, 9.17) is 0 Å². The van der Waals surface area contributed by atoms with Crippen molar-refractivity contribution < 1.29 is 29.7 Å². The van der Waals surface area contributed by atoms with Crippen molar-refractivity contribution in [2.24, 2.45) is 0 Å². The average molecular weight is 400 g/mol. The molecule has 0 bridgehead atoms. The van der Waals surface area contributed by atoms with Crippen molar-refractivity contribution in [2.75, 3.05) is 32.8 Å². The van der Waals surface area contributed by atoms with E-state index in [-0.39, 0.29) is 13.0 Å². The number of rotatable bonds is 18. The lowest BCUT2D eigenvalue weighted by molar-refractivity contribution is -0.934. The maximum Gasteiger partial charge on any atom is 0.106 e. The highest BCUT2D eigenvalue weighted by atomic mass is 16.4. The normalized spacial score (nSPS) is 16.5. The van der Waals surface area contributed by atoms with Crippen molar-refractivity contribution in [1.82, 2.24) is 0 Å². The number of hydrogen-bond acceptors (Lipinski definition) is 5. The summed E-state index contributed by atoms with van der Waals surface area (Å²) in [5.41, 5.74) is 0. The summed E-state index contributed by atoms with van der Waals surface area (Å²) in [7, 11) is 0. The van der Waals surface area contributed by atoms with Gasteiger partial charge in [0.15, 0.2) is 0 Å². The third kappa shape index (κ3) is 13.9. The zero-order valence-electron chi connectivity index (χ0n) is 17.8. The van der Waals surface area contributed by atoms with Crippen molar-refractivity contribution in [3.05, 3.63) is 24.3 Å². The Balaban J connectivity index is 5.07. The van der Waals surface area contributed by atoms with Gasteiger partial charge in [-0.2, -0.15) is 0 Å². The second kappa shape index (κ2) is 16.7. The van der Waals surface area contributed by atoms with Gasteiger partial charge in [-0.3, -0.25) is 0 Å². The Morgan fingerprint density at radius 3 is 1.82 bits per heavy atom. The number of unbranched alkanes of at least 4 members (excludes halogenated alkanes) is 2. The third-order valence-electron chi connectivity index (χ3n) is 4.84. The lowest BCUT2D eigenvalue weighted by atomic mass is 10.1. The number of allylic oxidation sites excluding steroid dienone is 2. The van der Waals surface area contributed by atoms with Crippen LogP contribution in [0.25, 0.3) is 0 Å². The summed E-state index contributed by atoms with van der Waals surface area (Å²) >= 11 is 0. The Kier molecular flexibility index (Phi) is 16.0. The van der Waals surface area contributed by atoms with Crippen LogP contribution in [-0.4, -0.2) is 70.8 Å². The molecule has 3 N–H and O–H groups in total. The molecular weight excluding hydrogens is 358 g/mol. The molecule has 164 valence electrons. The van der Waals surface area contributed by atoms with E-state index in [2.05, 4.69) is 13.8 Å². The smallest absolute Gasteiger partial charge is 0.106 e. The predicted octanol–water partition coefficient (Wildman–Crippen LogP) is 1.54. The minimum absolute atomic E-state index is 0.0651. The number of carboxylic acid groups (broad SMARTS) is 1. The molecule has 0 rings (SSSR count). The van der Waals surface area contributed by atoms with E-state index >= 15 is 0 Å². The second-order valence-corrected chi connectivity index (χ2v) is 7.65. The maximum absolute atomic E-state index is 10.8. The fourth-order valence-electron chi connectivity index (χ4n) is 3.44. The van der Waals surface area contributed by atoms with Gasteiger partial charge in [0.2, 0.25) is 0 Å². The summed E-state index contributed by atoms with van der Waals surface area (Å²) in [6.07, 6.45) is 12.2. The molecule has 0 aromatic heterocycles. The molecule has 0 fully saturated rings. The summed E-state index contributed by atoms with van der Waals surface area (Å²) in [5, 5.41) is 41.4. The van der Waals surface area contributed by atoms with Crippen molar-refractivity contribution in [2.45, 2.75) is 77.4 Å². The van der Waals surface area contributed by atoms with Gasteiger partial charge < -0.3 is 29.7 Å². The first-order valence-electron chi connectivity index (χ1n) is 10.7. The number of quaternary nitrogens is 1. The highest BCUT2D eigenvalue weighted by molar-refractivity contribution is 5.64. The van der Waals surface area contributed by atoms with Crippen LogP contribution in [0.2, 0.25) is 0 Å². The first-order chi connectivity index (χ1) is 13.4. The topological polar surface area (TPSA) is 101 Å².